The zero-order chi connectivity index (χ0) is 12.2. The fraction of sp³-hybridized carbons (Fsp3) is 0.545. The molecule has 1 heterocycles. The Bertz CT molecular complexity index is 419. The van der Waals surface area contributed by atoms with E-state index < -0.39 is 5.54 Å². The summed E-state index contributed by atoms with van der Waals surface area (Å²) in [4.78, 5) is 11.7. The molecule has 0 fully saturated rings. The summed E-state index contributed by atoms with van der Waals surface area (Å²) in [6, 6.07) is 3.64. The highest BCUT2D eigenvalue weighted by atomic mass is 16.5. The molecule has 1 atom stereocenters. The van der Waals surface area contributed by atoms with Crippen molar-refractivity contribution in [3.63, 3.8) is 0 Å². The molecule has 0 spiro atoms. The summed E-state index contributed by atoms with van der Waals surface area (Å²) in [5, 5.41) is 15.3. The van der Waals surface area contributed by atoms with E-state index in [2.05, 4.69) is 16.5 Å². The van der Waals surface area contributed by atoms with Crippen LogP contribution < -0.4 is 5.32 Å². The standard InChI is InChI=1S/C11H15N3O2/c1-4-5-11(3,7-12)13-10(15)9-6-8(2)16-14-9/h6H,4-5H2,1-3H3,(H,13,15)/t11-/m1/s1. The van der Waals surface area contributed by atoms with E-state index in [4.69, 9.17) is 9.78 Å². The highest BCUT2D eigenvalue weighted by molar-refractivity contribution is 5.92. The maximum atomic E-state index is 11.7. The maximum absolute atomic E-state index is 11.7. The van der Waals surface area contributed by atoms with Gasteiger partial charge in [0.25, 0.3) is 5.91 Å². The van der Waals surface area contributed by atoms with Crippen molar-refractivity contribution in [1.29, 1.82) is 5.26 Å². The molecule has 5 heteroatoms. The van der Waals surface area contributed by atoms with Crippen LogP contribution >= 0.6 is 0 Å². The van der Waals surface area contributed by atoms with Crippen molar-refractivity contribution in [1.82, 2.24) is 10.5 Å². The first-order valence-electron chi connectivity index (χ1n) is 5.18. The van der Waals surface area contributed by atoms with Crippen molar-refractivity contribution in [2.24, 2.45) is 0 Å². The van der Waals surface area contributed by atoms with Crippen molar-refractivity contribution in [3.05, 3.63) is 17.5 Å². The van der Waals surface area contributed by atoms with Gasteiger partial charge in [-0.1, -0.05) is 18.5 Å². The molecule has 86 valence electrons. The molecule has 1 rings (SSSR count). The van der Waals surface area contributed by atoms with Gasteiger partial charge in [-0.3, -0.25) is 4.79 Å². The van der Waals surface area contributed by atoms with Crippen molar-refractivity contribution >= 4 is 5.91 Å². The molecular formula is C11H15N3O2. The van der Waals surface area contributed by atoms with E-state index in [0.717, 1.165) is 6.42 Å². The van der Waals surface area contributed by atoms with Gasteiger partial charge in [-0.05, 0) is 20.3 Å². The van der Waals surface area contributed by atoms with Gasteiger partial charge >= 0.3 is 0 Å². The smallest absolute Gasteiger partial charge is 0.274 e. The van der Waals surface area contributed by atoms with Crippen LogP contribution in [0.15, 0.2) is 10.6 Å². The quantitative estimate of drug-likeness (QED) is 0.840. The van der Waals surface area contributed by atoms with Crippen LogP contribution in [0.3, 0.4) is 0 Å². The second-order valence-corrected chi connectivity index (χ2v) is 3.97. The third-order valence-electron chi connectivity index (χ3n) is 2.25. The van der Waals surface area contributed by atoms with Gasteiger partial charge in [0.05, 0.1) is 6.07 Å². The minimum absolute atomic E-state index is 0.204. The van der Waals surface area contributed by atoms with E-state index >= 15 is 0 Å². The number of nitrogens with zero attached hydrogens (tertiary/aromatic N) is 2. The second-order valence-electron chi connectivity index (χ2n) is 3.97. The number of rotatable bonds is 4. The number of aromatic nitrogens is 1. The molecule has 0 radical (unpaired) electrons. The average molecular weight is 221 g/mol. The molecule has 0 aromatic carbocycles. The van der Waals surface area contributed by atoms with Gasteiger partial charge in [-0.15, -0.1) is 0 Å². The number of carbonyl (C=O) groups is 1. The van der Waals surface area contributed by atoms with Crippen molar-refractivity contribution in [2.75, 3.05) is 0 Å². The summed E-state index contributed by atoms with van der Waals surface area (Å²) < 4.78 is 4.80. The Morgan fingerprint density at radius 3 is 2.88 bits per heavy atom. The molecule has 16 heavy (non-hydrogen) atoms. The third-order valence-corrected chi connectivity index (χ3v) is 2.25. The van der Waals surface area contributed by atoms with Crippen LogP contribution in [0.2, 0.25) is 0 Å². The largest absolute Gasteiger partial charge is 0.361 e. The fourth-order valence-electron chi connectivity index (χ4n) is 1.43. The Labute approximate surface area is 94.4 Å². The first-order chi connectivity index (χ1) is 7.50. The lowest BCUT2D eigenvalue weighted by atomic mass is 9.98. The molecule has 1 amide bonds. The molecule has 0 saturated carbocycles. The van der Waals surface area contributed by atoms with E-state index in [0.29, 0.717) is 12.2 Å². The summed E-state index contributed by atoms with van der Waals surface area (Å²) >= 11 is 0. The van der Waals surface area contributed by atoms with Gasteiger partial charge in [0, 0.05) is 6.07 Å². The van der Waals surface area contributed by atoms with Crippen molar-refractivity contribution < 1.29 is 9.32 Å². The van der Waals surface area contributed by atoms with Crippen LogP contribution in [0.25, 0.3) is 0 Å². The Morgan fingerprint density at radius 2 is 2.44 bits per heavy atom. The molecule has 1 aromatic rings. The summed E-state index contributed by atoms with van der Waals surface area (Å²) in [7, 11) is 0. The predicted octanol–water partition coefficient (Wildman–Crippen LogP) is 1.80. The predicted molar refractivity (Wildman–Crippen MR) is 57.6 cm³/mol. The van der Waals surface area contributed by atoms with Crippen LogP contribution in [0.5, 0.6) is 0 Å². The van der Waals surface area contributed by atoms with Crippen LogP contribution in [-0.2, 0) is 0 Å². The highest BCUT2D eigenvalue weighted by Gasteiger charge is 2.26. The maximum Gasteiger partial charge on any atom is 0.274 e. The molecular weight excluding hydrogens is 206 g/mol. The zero-order valence-electron chi connectivity index (χ0n) is 9.70. The summed E-state index contributed by atoms with van der Waals surface area (Å²) in [5.74, 6) is 0.189. The molecule has 5 nitrogen and oxygen atoms in total. The molecule has 0 saturated heterocycles. The first-order valence-corrected chi connectivity index (χ1v) is 5.18. The number of nitrogens with one attached hydrogen (secondary N) is 1. The number of hydrogen-bond donors (Lipinski definition) is 1. The summed E-state index contributed by atoms with van der Waals surface area (Å²) in [6.07, 6.45) is 1.42. The third kappa shape index (κ3) is 2.83. The van der Waals surface area contributed by atoms with Gasteiger partial charge in [0.1, 0.15) is 11.3 Å². The van der Waals surface area contributed by atoms with Crippen molar-refractivity contribution in [2.45, 2.75) is 39.2 Å². The van der Waals surface area contributed by atoms with E-state index in [-0.39, 0.29) is 11.6 Å². The van der Waals surface area contributed by atoms with Crippen LogP contribution in [-0.4, -0.2) is 16.6 Å². The Hall–Kier alpha value is -1.83. The summed E-state index contributed by atoms with van der Waals surface area (Å²) in [5.41, 5.74) is -0.645. The van der Waals surface area contributed by atoms with Gasteiger partial charge < -0.3 is 9.84 Å². The molecule has 0 aliphatic carbocycles. The SMILES string of the molecule is CCC[C@](C)(C#N)NC(=O)c1cc(C)on1. The minimum atomic E-state index is -0.849. The fourth-order valence-corrected chi connectivity index (χ4v) is 1.43. The number of carbonyl (C=O) groups excluding carboxylic acids is 1. The number of aryl methyl sites for hydroxylation is 1. The number of nitriles is 1. The molecule has 0 bridgehead atoms. The zero-order valence-corrected chi connectivity index (χ0v) is 9.70. The Morgan fingerprint density at radius 1 is 1.75 bits per heavy atom. The Balaban J connectivity index is 2.74. The molecule has 0 aliphatic heterocycles. The molecule has 1 N–H and O–H groups in total. The Kier molecular flexibility index (Phi) is 3.67. The molecule has 1 aromatic heterocycles. The van der Waals surface area contributed by atoms with Crippen LogP contribution in [0, 0.1) is 18.3 Å². The van der Waals surface area contributed by atoms with Gasteiger partial charge in [0.2, 0.25) is 0 Å². The minimum Gasteiger partial charge on any atom is -0.361 e. The van der Waals surface area contributed by atoms with Crippen LogP contribution in [0.4, 0.5) is 0 Å². The number of amides is 1. The lowest BCUT2D eigenvalue weighted by Gasteiger charge is -2.21. The van der Waals surface area contributed by atoms with Gasteiger partial charge in [-0.2, -0.15) is 5.26 Å². The lowest BCUT2D eigenvalue weighted by Crippen LogP contribution is -2.44. The van der Waals surface area contributed by atoms with E-state index in [9.17, 15) is 4.79 Å². The van der Waals surface area contributed by atoms with Gasteiger partial charge in [-0.25, -0.2) is 0 Å². The van der Waals surface area contributed by atoms with Crippen LogP contribution in [0.1, 0.15) is 42.9 Å². The number of hydrogen-bond acceptors (Lipinski definition) is 4. The van der Waals surface area contributed by atoms with Gasteiger partial charge in [0.15, 0.2) is 5.69 Å². The van der Waals surface area contributed by atoms with E-state index in [1.165, 1.54) is 0 Å². The van der Waals surface area contributed by atoms with E-state index in [1.54, 1.807) is 19.9 Å². The second kappa shape index (κ2) is 4.79. The average Bonchev–Trinajstić information content (AvgIpc) is 2.65. The highest BCUT2D eigenvalue weighted by Crippen LogP contribution is 2.12. The normalized spacial score (nSPS) is 13.9. The van der Waals surface area contributed by atoms with Crippen molar-refractivity contribution in [3.8, 4) is 6.07 Å². The molecule has 0 unspecified atom stereocenters. The summed E-state index contributed by atoms with van der Waals surface area (Å²) in [6.45, 7) is 5.36. The topological polar surface area (TPSA) is 78.9 Å². The molecule has 0 aliphatic rings. The monoisotopic (exact) mass is 221 g/mol. The van der Waals surface area contributed by atoms with E-state index in [1.807, 2.05) is 6.92 Å². The lowest BCUT2D eigenvalue weighted by molar-refractivity contribution is 0.0912. The first kappa shape index (κ1) is 12.2.